The van der Waals surface area contributed by atoms with Crippen LogP contribution in [0.2, 0.25) is 0 Å². The van der Waals surface area contributed by atoms with Crippen molar-refractivity contribution in [2.75, 3.05) is 19.6 Å². The quantitative estimate of drug-likeness (QED) is 0.296. The van der Waals surface area contributed by atoms with Gasteiger partial charge in [-0.1, -0.05) is 26.2 Å². The summed E-state index contributed by atoms with van der Waals surface area (Å²) < 4.78 is 0. The van der Waals surface area contributed by atoms with E-state index in [0.29, 0.717) is 13.0 Å². The number of unbranched alkanes of at least 4 members (excludes halogenated alkanes) is 2. The minimum Gasteiger partial charge on any atom is -0.465 e. The number of hydrogen-bond donors (Lipinski definition) is 4. The predicted octanol–water partition coefficient (Wildman–Crippen LogP) is 0.599. The fourth-order valence-electron chi connectivity index (χ4n) is 2.71. The van der Waals surface area contributed by atoms with Crippen molar-refractivity contribution < 1.29 is 24.7 Å². The lowest BCUT2D eigenvalue weighted by Gasteiger charge is -2.34. The van der Waals surface area contributed by atoms with Gasteiger partial charge in [-0.05, 0) is 6.42 Å². The highest BCUT2D eigenvalue weighted by Crippen LogP contribution is 2.20. The fourth-order valence-corrected chi connectivity index (χ4v) is 2.71. The molecule has 0 unspecified atom stereocenters. The van der Waals surface area contributed by atoms with Crippen LogP contribution in [-0.4, -0.2) is 58.7 Å². The van der Waals surface area contributed by atoms with Gasteiger partial charge in [-0.3, -0.25) is 19.7 Å². The number of nitrogens with one attached hydrogen (secondary N) is 2. The molecule has 0 saturated carbocycles. The van der Waals surface area contributed by atoms with E-state index in [2.05, 4.69) is 5.32 Å². The van der Waals surface area contributed by atoms with Crippen molar-refractivity contribution in [3.63, 3.8) is 0 Å². The molecule has 22 heavy (non-hydrogen) atoms. The Balaban J connectivity index is 2.78. The first-order valence-electron chi connectivity index (χ1n) is 7.68. The van der Waals surface area contributed by atoms with Gasteiger partial charge in [-0.25, -0.2) is 10.3 Å². The van der Waals surface area contributed by atoms with E-state index >= 15 is 0 Å². The number of carbonyl (C=O) groups excluding carboxylic acids is 2. The zero-order valence-electron chi connectivity index (χ0n) is 12.9. The molecule has 1 fully saturated rings. The standard InChI is InChI=1S/C14H25N3O5/c1-2-3-4-5-10(8-12(18)16-22)13(19)11-9-15-6-7-17(11)14(20)21/h10-11,15,22H,2-9H2,1H3,(H,16,18)(H,20,21)/t10-,11-/m1/s1. The summed E-state index contributed by atoms with van der Waals surface area (Å²) >= 11 is 0. The van der Waals surface area contributed by atoms with Gasteiger partial charge in [-0.2, -0.15) is 0 Å². The van der Waals surface area contributed by atoms with Crippen LogP contribution < -0.4 is 10.8 Å². The molecule has 0 bridgehead atoms. The summed E-state index contributed by atoms with van der Waals surface area (Å²) in [7, 11) is 0. The lowest BCUT2D eigenvalue weighted by Crippen LogP contribution is -2.58. The SMILES string of the molecule is CCCCC[C@H](CC(=O)NO)C(=O)[C@H]1CNCCN1C(=O)O. The van der Waals surface area contributed by atoms with E-state index in [0.717, 1.165) is 24.2 Å². The second-order valence-corrected chi connectivity index (χ2v) is 5.53. The van der Waals surface area contributed by atoms with Gasteiger partial charge in [-0.15, -0.1) is 0 Å². The monoisotopic (exact) mass is 315 g/mol. The molecule has 8 heteroatoms. The average molecular weight is 315 g/mol. The second kappa shape index (κ2) is 9.37. The molecule has 2 atom stereocenters. The smallest absolute Gasteiger partial charge is 0.408 e. The van der Waals surface area contributed by atoms with E-state index in [4.69, 9.17) is 5.21 Å². The number of carboxylic acid groups (broad SMARTS) is 1. The molecule has 0 aromatic rings. The largest absolute Gasteiger partial charge is 0.465 e. The zero-order chi connectivity index (χ0) is 16.5. The van der Waals surface area contributed by atoms with Crippen LogP contribution in [0, 0.1) is 5.92 Å². The first-order valence-corrected chi connectivity index (χ1v) is 7.68. The molecule has 0 radical (unpaired) electrons. The highest BCUT2D eigenvalue weighted by atomic mass is 16.5. The van der Waals surface area contributed by atoms with E-state index in [-0.39, 0.29) is 25.3 Å². The Hall–Kier alpha value is -1.67. The third-order valence-corrected chi connectivity index (χ3v) is 3.93. The summed E-state index contributed by atoms with van der Waals surface area (Å²) in [6.45, 7) is 3.05. The van der Waals surface area contributed by atoms with Crippen LogP contribution in [-0.2, 0) is 9.59 Å². The van der Waals surface area contributed by atoms with Crippen molar-refractivity contribution in [3.05, 3.63) is 0 Å². The maximum absolute atomic E-state index is 12.7. The zero-order valence-corrected chi connectivity index (χ0v) is 12.9. The van der Waals surface area contributed by atoms with Crippen LogP contribution in [0.1, 0.15) is 39.0 Å². The van der Waals surface area contributed by atoms with Crippen molar-refractivity contribution in [1.82, 2.24) is 15.7 Å². The normalized spacial score (nSPS) is 19.5. The molecule has 0 aromatic carbocycles. The molecule has 126 valence electrons. The molecule has 0 aromatic heterocycles. The van der Waals surface area contributed by atoms with Gasteiger partial charge in [0.05, 0.1) is 0 Å². The number of amides is 2. The van der Waals surface area contributed by atoms with Crippen LogP contribution >= 0.6 is 0 Å². The van der Waals surface area contributed by atoms with E-state index in [1.54, 1.807) is 5.48 Å². The molecular weight excluding hydrogens is 290 g/mol. The van der Waals surface area contributed by atoms with Gasteiger partial charge < -0.3 is 10.4 Å². The van der Waals surface area contributed by atoms with Gasteiger partial charge in [0.15, 0.2) is 5.78 Å². The minimum absolute atomic E-state index is 0.122. The lowest BCUT2D eigenvalue weighted by molar-refractivity contribution is -0.136. The predicted molar refractivity (Wildman–Crippen MR) is 78.6 cm³/mol. The van der Waals surface area contributed by atoms with Gasteiger partial charge >= 0.3 is 6.09 Å². The van der Waals surface area contributed by atoms with Crippen LogP contribution in [0.5, 0.6) is 0 Å². The number of rotatable bonds is 8. The van der Waals surface area contributed by atoms with Gasteiger partial charge in [0.1, 0.15) is 6.04 Å². The summed E-state index contributed by atoms with van der Waals surface area (Å²) in [5, 5.41) is 20.9. The molecule has 1 rings (SSSR count). The molecule has 0 aliphatic carbocycles. The lowest BCUT2D eigenvalue weighted by atomic mass is 9.88. The first kappa shape index (κ1) is 18.4. The summed E-state index contributed by atoms with van der Waals surface area (Å²) in [5.41, 5.74) is 1.54. The van der Waals surface area contributed by atoms with Crippen LogP contribution in [0.25, 0.3) is 0 Å². The summed E-state index contributed by atoms with van der Waals surface area (Å²) in [6, 6.07) is -0.774. The maximum atomic E-state index is 12.7. The van der Waals surface area contributed by atoms with Gasteiger partial charge in [0, 0.05) is 32.0 Å². The average Bonchev–Trinajstić information content (AvgIpc) is 2.53. The molecule has 4 N–H and O–H groups in total. The van der Waals surface area contributed by atoms with Crippen molar-refractivity contribution in [1.29, 1.82) is 0 Å². The molecule has 0 spiro atoms. The molecule has 8 nitrogen and oxygen atoms in total. The summed E-state index contributed by atoms with van der Waals surface area (Å²) in [6.07, 6.45) is 1.99. The number of hydrogen-bond acceptors (Lipinski definition) is 5. The molecule has 1 aliphatic rings. The topological polar surface area (TPSA) is 119 Å². The number of piperazine rings is 1. The fraction of sp³-hybridized carbons (Fsp3) is 0.786. The maximum Gasteiger partial charge on any atom is 0.408 e. The number of hydroxylamine groups is 1. The van der Waals surface area contributed by atoms with Gasteiger partial charge in [0.2, 0.25) is 5.91 Å². The molecule has 1 aliphatic heterocycles. The Morgan fingerprint density at radius 1 is 1.36 bits per heavy atom. The summed E-state index contributed by atoms with van der Waals surface area (Å²) in [4.78, 5) is 36.4. The molecular formula is C14H25N3O5. The third kappa shape index (κ3) is 5.27. The van der Waals surface area contributed by atoms with Crippen LogP contribution in [0.3, 0.4) is 0 Å². The Morgan fingerprint density at radius 3 is 2.68 bits per heavy atom. The third-order valence-electron chi connectivity index (χ3n) is 3.93. The number of Topliss-reactive ketones (excluding diaryl/α,β-unsaturated/α-hetero) is 1. The minimum atomic E-state index is -1.13. The van der Waals surface area contributed by atoms with Crippen LogP contribution in [0.4, 0.5) is 4.79 Å². The first-order chi connectivity index (χ1) is 10.5. The van der Waals surface area contributed by atoms with E-state index in [9.17, 15) is 19.5 Å². The second-order valence-electron chi connectivity index (χ2n) is 5.53. The Kier molecular flexibility index (Phi) is 7.83. The highest BCUT2D eigenvalue weighted by Gasteiger charge is 2.36. The Labute approximate surface area is 129 Å². The van der Waals surface area contributed by atoms with Gasteiger partial charge in [0.25, 0.3) is 0 Å². The number of ketones is 1. The molecule has 1 heterocycles. The molecule has 1 saturated heterocycles. The van der Waals surface area contributed by atoms with E-state index in [1.165, 1.54) is 0 Å². The number of nitrogens with zero attached hydrogens (tertiary/aromatic N) is 1. The van der Waals surface area contributed by atoms with E-state index < -0.39 is 24.0 Å². The Bertz CT molecular complexity index is 402. The van der Waals surface area contributed by atoms with Crippen molar-refractivity contribution >= 4 is 17.8 Å². The van der Waals surface area contributed by atoms with Crippen LogP contribution in [0.15, 0.2) is 0 Å². The molecule has 2 amide bonds. The van der Waals surface area contributed by atoms with Crippen molar-refractivity contribution in [2.24, 2.45) is 5.92 Å². The number of carbonyl (C=O) groups is 3. The van der Waals surface area contributed by atoms with Crippen molar-refractivity contribution in [3.8, 4) is 0 Å². The van der Waals surface area contributed by atoms with E-state index in [1.807, 2.05) is 6.92 Å². The van der Waals surface area contributed by atoms with Crippen molar-refractivity contribution in [2.45, 2.75) is 45.1 Å². The highest BCUT2D eigenvalue weighted by molar-refractivity contribution is 5.92. The Morgan fingerprint density at radius 2 is 2.09 bits per heavy atom. The summed E-state index contributed by atoms with van der Waals surface area (Å²) in [5.74, 6) is -1.46.